The normalized spacial score (nSPS) is 13.8. The average molecular weight is 425 g/mol. The van der Waals surface area contributed by atoms with E-state index in [0.717, 1.165) is 66.1 Å². The third kappa shape index (κ3) is 4.23. The molecule has 7 nitrogen and oxygen atoms in total. The second kappa shape index (κ2) is 9.01. The molecule has 5 rings (SSSR count). The predicted octanol–water partition coefficient (Wildman–Crippen LogP) is 3.94. The van der Waals surface area contributed by atoms with Crippen LogP contribution in [0.3, 0.4) is 0 Å². The molecule has 0 atom stereocenters. The van der Waals surface area contributed by atoms with Gasteiger partial charge in [0.25, 0.3) is 0 Å². The first-order chi connectivity index (χ1) is 15.8. The van der Waals surface area contributed by atoms with Gasteiger partial charge in [-0.25, -0.2) is 0 Å². The smallest absolute Gasteiger partial charge is 0.151 e. The van der Waals surface area contributed by atoms with Crippen LogP contribution in [0.4, 0.5) is 11.6 Å². The molecule has 1 saturated heterocycles. The molecule has 3 heterocycles. The topological polar surface area (TPSA) is 67.3 Å². The van der Waals surface area contributed by atoms with E-state index in [1.807, 2.05) is 72.8 Å². The van der Waals surface area contributed by atoms with Gasteiger partial charge in [0.2, 0.25) is 0 Å². The van der Waals surface area contributed by atoms with E-state index in [4.69, 9.17) is 4.74 Å². The molecule has 0 saturated carbocycles. The van der Waals surface area contributed by atoms with Crippen molar-refractivity contribution < 1.29 is 4.74 Å². The van der Waals surface area contributed by atoms with Gasteiger partial charge in [-0.3, -0.25) is 0 Å². The second-order valence-corrected chi connectivity index (χ2v) is 7.62. The van der Waals surface area contributed by atoms with E-state index >= 15 is 0 Å². The van der Waals surface area contributed by atoms with Gasteiger partial charge in [0.15, 0.2) is 11.6 Å². The van der Waals surface area contributed by atoms with Crippen molar-refractivity contribution in [3.05, 3.63) is 78.9 Å². The average Bonchev–Trinajstić information content (AvgIpc) is 2.90. The van der Waals surface area contributed by atoms with Crippen LogP contribution >= 0.6 is 0 Å². The molecule has 0 amide bonds. The van der Waals surface area contributed by atoms with Crippen LogP contribution in [-0.2, 0) is 0 Å². The highest BCUT2D eigenvalue weighted by molar-refractivity contribution is 5.61. The second-order valence-electron chi connectivity index (χ2n) is 7.62. The Kier molecular flexibility index (Phi) is 5.61. The molecule has 7 heteroatoms. The first kappa shape index (κ1) is 19.9. The van der Waals surface area contributed by atoms with E-state index in [-0.39, 0.29) is 0 Å². The summed E-state index contributed by atoms with van der Waals surface area (Å²) in [6.07, 6.45) is 0. The van der Waals surface area contributed by atoms with E-state index < -0.39 is 0 Å². The molecule has 2 aromatic heterocycles. The summed E-state index contributed by atoms with van der Waals surface area (Å²) in [5, 5.41) is 17.8. The number of hydrogen-bond acceptors (Lipinski definition) is 7. The van der Waals surface area contributed by atoms with Crippen molar-refractivity contribution >= 4 is 11.6 Å². The number of rotatable bonds is 5. The van der Waals surface area contributed by atoms with Crippen molar-refractivity contribution in [1.29, 1.82) is 0 Å². The fraction of sp³-hybridized carbons (Fsp3) is 0.200. The SMILES string of the molecule is COc1ccc(-c2ccc(N3CCN(c4ccc(-c5ccccc5)nn4)CC3)nn2)cc1. The maximum Gasteiger partial charge on any atom is 0.151 e. The van der Waals surface area contributed by atoms with Crippen LogP contribution in [0.25, 0.3) is 22.5 Å². The monoisotopic (exact) mass is 424 g/mol. The number of anilines is 2. The van der Waals surface area contributed by atoms with Gasteiger partial charge in [0.1, 0.15) is 5.75 Å². The van der Waals surface area contributed by atoms with Gasteiger partial charge in [-0.15, -0.1) is 20.4 Å². The number of ether oxygens (including phenoxy) is 1. The minimum Gasteiger partial charge on any atom is -0.497 e. The zero-order valence-electron chi connectivity index (χ0n) is 17.9. The van der Waals surface area contributed by atoms with Crippen LogP contribution in [0.5, 0.6) is 5.75 Å². The number of methoxy groups -OCH3 is 1. The molecule has 0 radical (unpaired) electrons. The fourth-order valence-corrected chi connectivity index (χ4v) is 3.83. The number of hydrogen-bond donors (Lipinski definition) is 0. The lowest BCUT2D eigenvalue weighted by Crippen LogP contribution is -2.47. The Labute approximate surface area is 187 Å². The lowest BCUT2D eigenvalue weighted by molar-refractivity contribution is 0.415. The number of nitrogens with zero attached hydrogens (tertiary/aromatic N) is 6. The van der Waals surface area contributed by atoms with Crippen LogP contribution in [0.15, 0.2) is 78.9 Å². The Bertz CT molecular complexity index is 1140. The van der Waals surface area contributed by atoms with Gasteiger partial charge < -0.3 is 14.5 Å². The molecule has 1 fully saturated rings. The van der Waals surface area contributed by atoms with Crippen molar-refractivity contribution in [3.63, 3.8) is 0 Å². The third-order valence-corrected chi connectivity index (χ3v) is 5.68. The molecular weight excluding hydrogens is 400 g/mol. The molecule has 0 spiro atoms. The highest BCUT2D eigenvalue weighted by atomic mass is 16.5. The minimum absolute atomic E-state index is 0.829. The minimum atomic E-state index is 0.829. The lowest BCUT2D eigenvalue weighted by Gasteiger charge is -2.35. The van der Waals surface area contributed by atoms with E-state index in [1.165, 1.54) is 0 Å². The molecule has 0 aliphatic carbocycles. The summed E-state index contributed by atoms with van der Waals surface area (Å²) < 4.78 is 5.22. The van der Waals surface area contributed by atoms with Crippen molar-refractivity contribution in [2.24, 2.45) is 0 Å². The quantitative estimate of drug-likeness (QED) is 0.481. The molecule has 0 bridgehead atoms. The van der Waals surface area contributed by atoms with Crippen LogP contribution < -0.4 is 14.5 Å². The molecule has 4 aromatic rings. The van der Waals surface area contributed by atoms with Gasteiger partial charge in [-0.05, 0) is 48.5 Å². The first-order valence-electron chi connectivity index (χ1n) is 10.7. The van der Waals surface area contributed by atoms with Crippen molar-refractivity contribution in [1.82, 2.24) is 20.4 Å². The van der Waals surface area contributed by atoms with Gasteiger partial charge in [-0.2, -0.15) is 0 Å². The summed E-state index contributed by atoms with van der Waals surface area (Å²) in [4.78, 5) is 4.52. The van der Waals surface area contributed by atoms with Crippen molar-refractivity contribution in [2.75, 3.05) is 43.1 Å². The highest BCUT2D eigenvalue weighted by Gasteiger charge is 2.20. The zero-order valence-corrected chi connectivity index (χ0v) is 17.9. The lowest BCUT2D eigenvalue weighted by atomic mass is 10.1. The maximum atomic E-state index is 5.22. The first-order valence-corrected chi connectivity index (χ1v) is 10.7. The Balaban J connectivity index is 1.21. The molecule has 32 heavy (non-hydrogen) atoms. The Hall–Kier alpha value is -4.00. The molecule has 0 unspecified atom stereocenters. The van der Waals surface area contributed by atoms with E-state index in [1.54, 1.807) is 7.11 Å². The standard InChI is InChI=1S/C25H24N6O/c1-32-21-9-7-20(8-10-21)23-12-14-25(29-27-23)31-17-15-30(16-18-31)24-13-11-22(26-28-24)19-5-3-2-4-6-19/h2-14H,15-18H2,1H3. The van der Waals surface area contributed by atoms with Crippen LogP contribution in [0.2, 0.25) is 0 Å². The van der Waals surface area contributed by atoms with E-state index in [2.05, 4.69) is 36.3 Å². The largest absolute Gasteiger partial charge is 0.497 e. The molecule has 0 N–H and O–H groups in total. The molecule has 1 aliphatic rings. The van der Waals surface area contributed by atoms with Crippen LogP contribution in [-0.4, -0.2) is 53.7 Å². The summed E-state index contributed by atoms with van der Waals surface area (Å²) in [5.41, 5.74) is 3.84. The summed E-state index contributed by atoms with van der Waals surface area (Å²) in [6, 6.07) is 26.1. The van der Waals surface area contributed by atoms with Crippen LogP contribution in [0.1, 0.15) is 0 Å². The van der Waals surface area contributed by atoms with Crippen molar-refractivity contribution in [3.8, 4) is 28.3 Å². The van der Waals surface area contributed by atoms with Crippen LogP contribution in [0, 0.1) is 0 Å². The maximum absolute atomic E-state index is 5.22. The number of piperazine rings is 1. The summed E-state index contributed by atoms with van der Waals surface area (Å²) in [5.74, 6) is 2.63. The number of aromatic nitrogens is 4. The highest BCUT2D eigenvalue weighted by Crippen LogP contribution is 2.23. The molecule has 2 aromatic carbocycles. The number of benzene rings is 2. The summed E-state index contributed by atoms with van der Waals surface area (Å²) in [7, 11) is 1.66. The Morgan fingerprint density at radius 2 is 1.06 bits per heavy atom. The Morgan fingerprint density at radius 3 is 1.50 bits per heavy atom. The molecule has 160 valence electrons. The van der Waals surface area contributed by atoms with E-state index in [0.29, 0.717) is 0 Å². The summed E-state index contributed by atoms with van der Waals surface area (Å²) in [6.45, 7) is 3.44. The molecule has 1 aliphatic heterocycles. The molecular formula is C25H24N6O. The van der Waals surface area contributed by atoms with Gasteiger partial charge in [0, 0.05) is 37.3 Å². The Morgan fingerprint density at radius 1 is 0.562 bits per heavy atom. The van der Waals surface area contributed by atoms with E-state index in [9.17, 15) is 0 Å². The predicted molar refractivity (Wildman–Crippen MR) is 126 cm³/mol. The van der Waals surface area contributed by atoms with Gasteiger partial charge in [-0.1, -0.05) is 30.3 Å². The third-order valence-electron chi connectivity index (χ3n) is 5.68. The van der Waals surface area contributed by atoms with Crippen molar-refractivity contribution in [2.45, 2.75) is 0 Å². The summed E-state index contributed by atoms with van der Waals surface area (Å²) >= 11 is 0. The fourth-order valence-electron chi connectivity index (χ4n) is 3.83. The van der Waals surface area contributed by atoms with Gasteiger partial charge >= 0.3 is 0 Å². The zero-order chi connectivity index (χ0) is 21.8. The van der Waals surface area contributed by atoms with Gasteiger partial charge in [0.05, 0.1) is 18.5 Å².